The Hall–Kier alpha value is 0.270. The maximum Gasteiger partial charge on any atom is 0.0149 e. The second-order valence-corrected chi connectivity index (χ2v) is 8.06. The van der Waals surface area contributed by atoms with E-state index in [1.807, 2.05) is 0 Å². The first-order valence-corrected chi connectivity index (χ1v) is 8.13. The average molecular weight is 256 g/mol. The Kier molecular flexibility index (Phi) is 4.79. The molecule has 2 rings (SSSR count). The standard InChI is InChI=1S/C14H28N2S/c1-10(2)15-7-13-5-6-14(13)16-8-11(3)17-12(4)9-16/h10-15H,5-9H2,1-4H3. The average Bonchev–Trinajstić information content (AvgIpc) is 2.13. The molecule has 0 amide bonds. The van der Waals surface area contributed by atoms with Crippen molar-refractivity contribution in [2.75, 3.05) is 19.6 Å². The van der Waals surface area contributed by atoms with Gasteiger partial charge in [0.05, 0.1) is 0 Å². The quantitative estimate of drug-likeness (QED) is 0.832. The highest BCUT2D eigenvalue weighted by Gasteiger charge is 2.37. The van der Waals surface area contributed by atoms with E-state index in [9.17, 15) is 0 Å². The minimum atomic E-state index is 0.631. The summed E-state index contributed by atoms with van der Waals surface area (Å²) in [6.45, 7) is 13.1. The van der Waals surface area contributed by atoms with Crippen LogP contribution in [0.1, 0.15) is 40.5 Å². The largest absolute Gasteiger partial charge is 0.314 e. The van der Waals surface area contributed by atoms with Gasteiger partial charge in [0.25, 0.3) is 0 Å². The summed E-state index contributed by atoms with van der Waals surface area (Å²) in [5.41, 5.74) is 0. The molecule has 17 heavy (non-hydrogen) atoms. The fourth-order valence-corrected chi connectivity index (χ4v) is 4.49. The normalized spacial score (nSPS) is 39.4. The van der Waals surface area contributed by atoms with Crippen LogP contribution in [0.5, 0.6) is 0 Å². The Bertz CT molecular complexity index is 234. The van der Waals surface area contributed by atoms with Crippen molar-refractivity contribution >= 4 is 11.8 Å². The topological polar surface area (TPSA) is 15.3 Å². The van der Waals surface area contributed by atoms with Crippen LogP contribution in [0.15, 0.2) is 0 Å². The molecule has 0 aromatic heterocycles. The third kappa shape index (κ3) is 3.62. The van der Waals surface area contributed by atoms with E-state index in [4.69, 9.17) is 0 Å². The van der Waals surface area contributed by atoms with Crippen molar-refractivity contribution in [3.05, 3.63) is 0 Å². The van der Waals surface area contributed by atoms with Crippen LogP contribution in [-0.2, 0) is 0 Å². The van der Waals surface area contributed by atoms with Crippen LogP contribution in [0, 0.1) is 5.92 Å². The van der Waals surface area contributed by atoms with E-state index in [-0.39, 0.29) is 0 Å². The molecule has 0 aromatic carbocycles. The van der Waals surface area contributed by atoms with Crippen LogP contribution in [0.2, 0.25) is 0 Å². The molecule has 0 bridgehead atoms. The summed E-state index contributed by atoms with van der Waals surface area (Å²) in [5, 5.41) is 5.24. The third-order valence-electron chi connectivity index (χ3n) is 4.08. The van der Waals surface area contributed by atoms with E-state index in [0.29, 0.717) is 6.04 Å². The van der Waals surface area contributed by atoms with E-state index in [0.717, 1.165) is 22.5 Å². The maximum absolute atomic E-state index is 3.61. The lowest BCUT2D eigenvalue weighted by molar-refractivity contribution is 0.0595. The Balaban J connectivity index is 1.81. The fourth-order valence-electron chi connectivity index (χ4n) is 3.15. The molecule has 1 saturated carbocycles. The van der Waals surface area contributed by atoms with Crippen LogP contribution >= 0.6 is 11.8 Å². The molecule has 1 aliphatic carbocycles. The number of nitrogens with zero attached hydrogens (tertiary/aromatic N) is 1. The molecule has 1 saturated heterocycles. The van der Waals surface area contributed by atoms with Gasteiger partial charge >= 0.3 is 0 Å². The SMILES string of the molecule is CC(C)NCC1CCC1N1CC(C)SC(C)C1. The molecule has 1 N–H and O–H groups in total. The zero-order valence-electron chi connectivity index (χ0n) is 11.8. The molecular formula is C14H28N2S. The van der Waals surface area contributed by atoms with Crippen LogP contribution in [0.3, 0.4) is 0 Å². The van der Waals surface area contributed by atoms with Crippen LogP contribution in [0.4, 0.5) is 0 Å². The van der Waals surface area contributed by atoms with E-state index in [1.165, 1.54) is 32.5 Å². The molecule has 4 unspecified atom stereocenters. The number of rotatable bonds is 4. The van der Waals surface area contributed by atoms with Crippen LogP contribution in [0.25, 0.3) is 0 Å². The van der Waals surface area contributed by atoms with Crippen molar-refractivity contribution in [2.24, 2.45) is 5.92 Å². The number of hydrogen-bond acceptors (Lipinski definition) is 3. The highest BCUT2D eigenvalue weighted by molar-refractivity contribution is 8.00. The summed E-state index contributed by atoms with van der Waals surface area (Å²) in [6, 6.07) is 1.50. The molecule has 2 fully saturated rings. The molecule has 0 aromatic rings. The monoisotopic (exact) mass is 256 g/mol. The van der Waals surface area contributed by atoms with Gasteiger partial charge in [-0.05, 0) is 25.3 Å². The Morgan fingerprint density at radius 1 is 1.18 bits per heavy atom. The first-order chi connectivity index (χ1) is 8.06. The Labute approximate surface area is 111 Å². The summed E-state index contributed by atoms with van der Waals surface area (Å²) < 4.78 is 0. The number of hydrogen-bond donors (Lipinski definition) is 1. The second-order valence-electron chi connectivity index (χ2n) is 6.18. The summed E-state index contributed by atoms with van der Waals surface area (Å²) in [4.78, 5) is 2.77. The minimum absolute atomic E-state index is 0.631. The van der Waals surface area contributed by atoms with Crippen molar-refractivity contribution in [2.45, 2.75) is 63.1 Å². The molecular weight excluding hydrogens is 228 g/mol. The first-order valence-electron chi connectivity index (χ1n) is 7.19. The lowest BCUT2D eigenvalue weighted by Crippen LogP contribution is -2.55. The first kappa shape index (κ1) is 13.7. The second kappa shape index (κ2) is 5.94. The molecule has 100 valence electrons. The molecule has 0 spiro atoms. The zero-order chi connectivity index (χ0) is 12.4. The van der Waals surface area contributed by atoms with E-state index in [1.54, 1.807) is 0 Å². The zero-order valence-corrected chi connectivity index (χ0v) is 12.6. The predicted molar refractivity (Wildman–Crippen MR) is 77.7 cm³/mol. The number of thioether (sulfide) groups is 1. The summed E-state index contributed by atoms with van der Waals surface area (Å²) >= 11 is 2.16. The molecule has 3 heteroatoms. The number of nitrogens with one attached hydrogen (secondary N) is 1. The van der Waals surface area contributed by atoms with E-state index < -0.39 is 0 Å². The van der Waals surface area contributed by atoms with Crippen LogP contribution in [-0.4, -0.2) is 47.1 Å². The van der Waals surface area contributed by atoms with Gasteiger partial charge < -0.3 is 5.32 Å². The minimum Gasteiger partial charge on any atom is -0.314 e. The maximum atomic E-state index is 3.61. The van der Waals surface area contributed by atoms with E-state index in [2.05, 4.69) is 49.7 Å². The smallest absolute Gasteiger partial charge is 0.0149 e. The molecule has 1 aliphatic heterocycles. The van der Waals surface area contributed by atoms with Gasteiger partial charge in [0.15, 0.2) is 0 Å². The van der Waals surface area contributed by atoms with Gasteiger partial charge in [0, 0.05) is 35.7 Å². The van der Waals surface area contributed by atoms with Gasteiger partial charge in [0.1, 0.15) is 0 Å². The Morgan fingerprint density at radius 2 is 1.82 bits per heavy atom. The van der Waals surface area contributed by atoms with Crippen LogP contribution < -0.4 is 5.32 Å². The van der Waals surface area contributed by atoms with Gasteiger partial charge in [-0.15, -0.1) is 0 Å². The third-order valence-corrected chi connectivity index (χ3v) is 5.31. The lowest BCUT2D eigenvalue weighted by Gasteiger charge is -2.48. The van der Waals surface area contributed by atoms with Gasteiger partial charge in [-0.1, -0.05) is 27.7 Å². The molecule has 1 heterocycles. The van der Waals surface area contributed by atoms with Crippen molar-refractivity contribution in [1.29, 1.82) is 0 Å². The molecule has 2 aliphatic rings. The van der Waals surface area contributed by atoms with Crippen molar-refractivity contribution in [1.82, 2.24) is 10.2 Å². The van der Waals surface area contributed by atoms with Gasteiger partial charge in [0.2, 0.25) is 0 Å². The van der Waals surface area contributed by atoms with Gasteiger partial charge in [-0.25, -0.2) is 0 Å². The Morgan fingerprint density at radius 3 is 2.29 bits per heavy atom. The summed E-state index contributed by atoms with van der Waals surface area (Å²) in [5.74, 6) is 0.903. The predicted octanol–water partition coefficient (Wildman–Crippen LogP) is 2.59. The molecule has 2 nitrogen and oxygen atoms in total. The van der Waals surface area contributed by atoms with E-state index >= 15 is 0 Å². The van der Waals surface area contributed by atoms with Gasteiger partial charge in [-0.3, -0.25) is 4.90 Å². The van der Waals surface area contributed by atoms with Crippen molar-refractivity contribution < 1.29 is 0 Å². The van der Waals surface area contributed by atoms with Gasteiger partial charge in [-0.2, -0.15) is 11.8 Å². The van der Waals surface area contributed by atoms with Crippen molar-refractivity contribution in [3.8, 4) is 0 Å². The lowest BCUT2D eigenvalue weighted by atomic mass is 9.78. The fraction of sp³-hybridized carbons (Fsp3) is 1.00. The summed E-state index contributed by atoms with van der Waals surface area (Å²) in [7, 11) is 0. The van der Waals surface area contributed by atoms with Crippen molar-refractivity contribution in [3.63, 3.8) is 0 Å². The molecule has 4 atom stereocenters. The highest BCUT2D eigenvalue weighted by atomic mass is 32.2. The summed E-state index contributed by atoms with van der Waals surface area (Å²) in [6.07, 6.45) is 2.85. The highest BCUT2D eigenvalue weighted by Crippen LogP contribution is 2.36. The molecule has 0 radical (unpaired) electrons.